The van der Waals surface area contributed by atoms with Crippen molar-refractivity contribution < 1.29 is 9.59 Å². The summed E-state index contributed by atoms with van der Waals surface area (Å²) in [5, 5.41) is 9.13. The van der Waals surface area contributed by atoms with Crippen LogP contribution in [0.25, 0.3) is 0 Å². The number of rotatable bonds is 8. The van der Waals surface area contributed by atoms with Crippen LogP contribution in [-0.4, -0.2) is 62.5 Å². The fourth-order valence-electron chi connectivity index (χ4n) is 2.27. The Kier molecular flexibility index (Phi) is 11.2. The van der Waals surface area contributed by atoms with Crippen LogP contribution in [0.4, 0.5) is 0 Å². The molecule has 7 heteroatoms. The summed E-state index contributed by atoms with van der Waals surface area (Å²) in [6, 6.07) is 0. The molecule has 0 saturated carbocycles. The molecule has 0 radical (unpaired) electrons. The van der Waals surface area contributed by atoms with Gasteiger partial charge in [-0.05, 0) is 19.4 Å². The predicted molar refractivity (Wildman–Crippen MR) is 95.9 cm³/mol. The van der Waals surface area contributed by atoms with E-state index < -0.39 is 0 Å². The van der Waals surface area contributed by atoms with E-state index in [0.717, 1.165) is 45.7 Å². The number of nitrogens with one attached hydrogen (secondary N) is 3. The van der Waals surface area contributed by atoms with Gasteiger partial charge in [-0.15, -0.1) is 12.4 Å². The van der Waals surface area contributed by atoms with Gasteiger partial charge in [0.2, 0.25) is 11.8 Å². The third-order valence-electron chi connectivity index (χ3n) is 3.73. The molecule has 1 fully saturated rings. The Morgan fingerprint density at radius 3 is 2.26 bits per heavy atom. The monoisotopic (exact) mass is 348 g/mol. The lowest BCUT2D eigenvalue weighted by Gasteiger charge is -2.27. The van der Waals surface area contributed by atoms with Gasteiger partial charge in [-0.2, -0.15) is 0 Å². The summed E-state index contributed by atoms with van der Waals surface area (Å²) in [5.74, 6) is 0.106. The topological polar surface area (TPSA) is 73.5 Å². The Labute approximate surface area is 146 Å². The fraction of sp³-hybridized carbons (Fsp3) is 0.875. The van der Waals surface area contributed by atoms with Crippen LogP contribution in [0.15, 0.2) is 0 Å². The van der Waals surface area contributed by atoms with E-state index in [0.29, 0.717) is 19.4 Å². The van der Waals surface area contributed by atoms with E-state index in [2.05, 4.69) is 20.9 Å². The van der Waals surface area contributed by atoms with Crippen LogP contribution < -0.4 is 16.0 Å². The number of piperazine rings is 1. The highest BCUT2D eigenvalue weighted by Gasteiger charge is 2.20. The zero-order valence-corrected chi connectivity index (χ0v) is 15.6. The second-order valence-corrected chi connectivity index (χ2v) is 6.90. The highest BCUT2D eigenvalue weighted by molar-refractivity contribution is 5.85. The predicted octanol–water partition coefficient (Wildman–Crippen LogP) is 0.762. The molecule has 23 heavy (non-hydrogen) atoms. The van der Waals surface area contributed by atoms with Crippen LogP contribution in [0.5, 0.6) is 0 Å². The minimum Gasteiger partial charge on any atom is -0.356 e. The van der Waals surface area contributed by atoms with Gasteiger partial charge >= 0.3 is 0 Å². The first-order valence-electron chi connectivity index (χ1n) is 8.37. The maximum atomic E-state index is 11.7. The Balaban J connectivity index is 0.00000484. The average Bonchev–Trinajstić information content (AvgIpc) is 2.48. The van der Waals surface area contributed by atoms with Gasteiger partial charge in [-0.25, -0.2) is 0 Å². The van der Waals surface area contributed by atoms with E-state index in [1.807, 2.05) is 20.8 Å². The summed E-state index contributed by atoms with van der Waals surface area (Å²) in [5.41, 5.74) is -0.369. The van der Waals surface area contributed by atoms with Crippen LogP contribution in [-0.2, 0) is 9.59 Å². The van der Waals surface area contributed by atoms with E-state index >= 15 is 0 Å². The van der Waals surface area contributed by atoms with Gasteiger partial charge in [0.25, 0.3) is 0 Å². The zero-order chi connectivity index (χ0) is 16.4. The van der Waals surface area contributed by atoms with E-state index in [9.17, 15) is 9.59 Å². The number of amides is 2. The van der Waals surface area contributed by atoms with Crippen molar-refractivity contribution in [2.45, 2.75) is 40.0 Å². The van der Waals surface area contributed by atoms with Gasteiger partial charge in [-0.3, -0.25) is 9.59 Å². The molecule has 1 rings (SSSR count). The van der Waals surface area contributed by atoms with Crippen molar-refractivity contribution in [3.63, 3.8) is 0 Å². The summed E-state index contributed by atoms with van der Waals surface area (Å²) in [6.45, 7) is 12.3. The second-order valence-electron chi connectivity index (χ2n) is 6.90. The van der Waals surface area contributed by atoms with Gasteiger partial charge in [-0.1, -0.05) is 20.8 Å². The van der Waals surface area contributed by atoms with Gasteiger partial charge in [0, 0.05) is 51.1 Å². The van der Waals surface area contributed by atoms with E-state index in [1.54, 1.807) is 0 Å². The van der Waals surface area contributed by atoms with Gasteiger partial charge in [0.15, 0.2) is 0 Å². The van der Waals surface area contributed by atoms with Crippen molar-refractivity contribution >= 4 is 24.2 Å². The van der Waals surface area contributed by atoms with Crippen LogP contribution in [0.2, 0.25) is 0 Å². The number of halogens is 1. The van der Waals surface area contributed by atoms with Crippen molar-refractivity contribution in [2.24, 2.45) is 5.41 Å². The molecule has 1 aliphatic rings. The van der Waals surface area contributed by atoms with Crippen molar-refractivity contribution in [3.05, 3.63) is 0 Å². The molecular weight excluding hydrogens is 316 g/mol. The summed E-state index contributed by atoms with van der Waals surface area (Å²) in [7, 11) is 0. The first-order valence-corrected chi connectivity index (χ1v) is 8.37. The molecule has 136 valence electrons. The fourth-order valence-corrected chi connectivity index (χ4v) is 2.27. The van der Waals surface area contributed by atoms with E-state index in [-0.39, 0.29) is 29.6 Å². The summed E-state index contributed by atoms with van der Waals surface area (Å²) >= 11 is 0. The second kappa shape index (κ2) is 11.6. The molecule has 0 aromatic rings. The molecule has 3 N–H and O–H groups in total. The molecule has 0 unspecified atom stereocenters. The molecule has 1 aliphatic heterocycles. The lowest BCUT2D eigenvalue weighted by Crippen LogP contribution is -2.44. The highest BCUT2D eigenvalue weighted by Crippen LogP contribution is 2.12. The normalized spacial score (nSPS) is 15.6. The molecule has 0 atom stereocenters. The largest absolute Gasteiger partial charge is 0.356 e. The molecule has 0 bridgehead atoms. The smallest absolute Gasteiger partial charge is 0.225 e. The number of carbonyl (C=O) groups is 2. The third kappa shape index (κ3) is 10.5. The first kappa shape index (κ1) is 22.1. The lowest BCUT2D eigenvalue weighted by molar-refractivity contribution is -0.128. The highest BCUT2D eigenvalue weighted by atomic mass is 35.5. The molecule has 0 aromatic carbocycles. The summed E-state index contributed by atoms with van der Waals surface area (Å²) < 4.78 is 0. The summed E-state index contributed by atoms with van der Waals surface area (Å²) in [6.07, 6.45) is 2.15. The van der Waals surface area contributed by atoms with Gasteiger partial charge in [0.1, 0.15) is 0 Å². The minimum atomic E-state index is -0.369. The van der Waals surface area contributed by atoms with Crippen LogP contribution >= 0.6 is 12.4 Å². The Morgan fingerprint density at radius 1 is 1.04 bits per heavy atom. The number of hydrogen-bond donors (Lipinski definition) is 3. The lowest BCUT2D eigenvalue weighted by atomic mass is 9.96. The number of nitrogens with zero attached hydrogens (tertiary/aromatic N) is 1. The van der Waals surface area contributed by atoms with Crippen molar-refractivity contribution in [1.29, 1.82) is 0 Å². The first-order chi connectivity index (χ1) is 10.4. The molecule has 0 spiro atoms. The van der Waals surface area contributed by atoms with Crippen LogP contribution in [0, 0.1) is 5.41 Å². The molecule has 2 amide bonds. The van der Waals surface area contributed by atoms with Crippen LogP contribution in [0.1, 0.15) is 40.0 Å². The molecule has 0 aliphatic carbocycles. The maximum Gasteiger partial charge on any atom is 0.225 e. The average molecular weight is 349 g/mol. The summed E-state index contributed by atoms with van der Waals surface area (Å²) in [4.78, 5) is 25.8. The van der Waals surface area contributed by atoms with Crippen molar-refractivity contribution in [2.75, 3.05) is 45.8 Å². The Bertz CT molecular complexity index is 352. The maximum absolute atomic E-state index is 11.7. The SMILES string of the molecule is CC(C)(C)C(=O)NCCCC(=O)NCCCN1CCNCC1.Cl. The standard InChI is InChI=1S/C16H32N4O2.ClH/c1-16(2,3)15(22)19-7-4-6-14(21)18-8-5-11-20-12-9-17-10-13-20;/h17H,4-13H2,1-3H3,(H,18,21)(H,19,22);1H. The van der Waals surface area contributed by atoms with Crippen LogP contribution in [0.3, 0.4) is 0 Å². The minimum absolute atomic E-state index is 0. The molecule has 0 aromatic heterocycles. The van der Waals surface area contributed by atoms with Crippen molar-refractivity contribution in [1.82, 2.24) is 20.9 Å². The zero-order valence-electron chi connectivity index (χ0n) is 14.7. The van der Waals surface area contributed by atoms with E-state index in [1.165, 1.54) is 0 Å². The molecule has 6 nitrogen and oxygen atoms in total. The molecule has 1 saturated heterocycles. The van der Waals surface area contributed by atoms with E-state index in [4.69, 9.17) is 0 Å². The van der Waals surface area contributed by atoms with Gasteiger partial charge < -0.3 is 20.9 Å². The Hall–Kier alpha value is -0.850. The molecule has 1 heterocycles. The van der Waals surface area contributed by atoms with Crippen molar-refractivity contribution in [3.8, 4) is 0 Å². The number of carbonyl (C=O) groups excluding carboxylic acids is 2. The Morgan fingerprint density at radius 2 is 1.65 bits per heavy atom. The third-order valence-corrected chi connectivity index (χ3v) is 3.73. The quantitative estimate of drug-likeness (QED) is 0.566. The van der Waals surface area contributed by atoms with Gasteiger partial charge in [0.05, 0.1) is 0 Å². The molecular formula is C16H33ClN4O2. The number of hydrogen-bond acceptors (Lipinski definition) is 4.